The predicted octanol–water partition coefficient (Wildman–Crippen LogP) is 2.69. The van der Waals surface area contributed by atoms with Gasteiger partial charge in [-0.3, -0.25) is 4.79 Å². The Kier molecular flexibility index (Phi) is 7.61. The third-order valence-electron chi connectivity index (χ3n) is 4.16. The lowest BCUT2D eigenvalue weighted by Crippen LogP contribution is -2.59. The highest BCUT2D eigenvalue weighted by Crippen LogP contribution is 2.26. The van der Waals surface area contributed by atoms with E-state index in [-0.39, 0.29) is 39.3 Å². The van der Waals surface area contributed by atoms with E-state index in [0.29, 0.717) is 0 Å². The lowest BCUT2D eigenvalue weighted by atomic mass is 9.97. The van der Waals surface area contributed by atoms with E-state index in [2.05, 4.69) is 0 Å². The molecule has 1 unspecified atom stereocenters. The van der Waals surface area contributed by atoms with E-state index in [1.165, 1.54) is 4.90 Å². The van der Waals surface area contributed by atoms with Crippen LogP contribution in [0, 0.1) is 0 Å². The monoisotopic (exact) mass is 407 g/mol. The Morgan fingerprint density at radius 2 is 1.83 bits per heavy atom. The molecule has 8 nitrogen and oxygen atoms in total. The second-order valence-corrected chi connectivity index (χ2v) is 7.79. The Hall–Kier alpha value is -2.61. The molecule has 8 heteroatoms. The van der Waals surface area contributed by atoms with Gasteiger partial charge in [0, 0.05) is 6.54 Å². The first kappa shape index (κ1) is 22.7. The summed E-state index contributed by atoms with van der Waals surface area (Å²) < 4.78 is 21.5. The zero-order valence-electron chi connectivity index (χ0n) is 17.4. The molecule has 0 N–H and O–H groups in total. The SMILES string of the molecule is CCOC(=O)C1(CC(=O)OCc2ccccc2)CN(C(=O)OC(C)(C)C)CCO1. The van der Waals surface area contributed by atoms with Crippen molar-refractivity contribution in [2.45, 2.75) is 51.9 Å². The highest BCUT2D eigenvalue weighted by Gasteiger charge is 2.49. The van der Waals surface area contributed by atoms with Crippen molar-refractivity contribution in [1.82, 2.24) is 4.90 Å². The van der Waals surface area contributed by atoms with Crippen LogP contribution in [0.3, 0.4) is 0 Å². The summed E-state index contributed by atoms with van der Waals surface area (Å²) in [5, 5.41) is 0. The summed E-state index contributed by atoms with van der Waals surface area (Å²) in [4.78, 5) is 38.9. The maximum absolute atomic E-state index is 12.6. The molecule has 1 atom stereocenters. The summed E-state index contributed by atoms with van der Waals surface area (Å²) >= 11 is 0. The van der Waals surface area contributed by atoms with Crippen molar-refractivity contribution >= 4 is 18.0 Å². The molecule has 1 aromatic rings. The summed E-state index contributed by atoms with van der Waals surface area (Å²) in [5.74, 6) is -1.32. The summed E-state index contributed by atoms with van der Waals surface area (Å²) in [6.07, 6.45) is -0.940. The predicted molar refractivity (Wildman–Crippen MR) is 104 cm³/mol. The summed E-state index contributed by atoms with van der Waals surface area (Å²) in [5.41, 5.74) is -1.49. The van der Waals surface area contributed by atoms with Gasteiger partial charge >= 0.3 is 18.0 Å². The third-order valence-corrected chi connectivity index (χ3v) is 4.16. The molecular formula is C21H29NO7. The first-order valence-corrected chi connectivity index (χ1v) is 9.64. The number of hydrogen-bond donors (Lipinski definition) is 0. The van der Waals surface area contributed by atoms with Crippen LogP contribution in [0.25, 0.3) is 0 Å². The molecule has 0 saturated carbocycles. The molecule has 0 bridgehead atoms. The van der Waals surface area contributed by atoms with Crippen molar-refractivity contribution in [2.75, 3.05) is 26.3 Å². The van der Waals surface area contributed by atoms with Crippen molar-refractivity contribution in [3.63, 3.8) is 0 Å². The fraction of sp³-hybridized carbons (Fsp3) is 0.571. The average molecular weight is 407 g/mol. The van der Waals surface area contributed by atoms with Crippen LogP contribution in [-0.4, -0.2) is 60.4 Å². The maximum Gasteiger partial charge on any atom is 0.410 e. The molecule has 1 aromatic carbocycles. The zero-order chi connectivity index (χ0) is 21.5. The van der Waals surface area contributed by atoms with E-state index in [9.17, 15) is 14.4 Å². The second-order valence-electron chi connectivity index (χ2n) is 7.79. The van der Waals surface area contributed by atoms with Crippen LogP contribution in [0.15, 0.2) is 30.3 Å². The molecule has 1 heterocycles. The Balaban J connectivity index is 2.09. The van der Waals surface area contributed by atoms with Gasteiger partial charge in [-0.15, -0.1) is 0 Å². The number of carbonyl (C=O) groups is 3. The molecule has 1 aliphatic rings. The topological polar surface area (TPSA) is 91.4 Å². The molecule has 0 spiro atoms. The van der Waals surface area contributed by atoms with Gasteiger partial charge in [-0.05, 0) is 33.3 Å². The van der Waals surface area contributed by atoms with E-state index in [4.69, 9.17) is 18.9 Å². The van der Waals surface area contributed by atoms with Gasteiger partial charge in [-0.25, -0.2) is 9.59 Å². The van der Waals surface area contributed by atoms with Gasteiger partial charge in [0.2, 0.25) is 0 Å². The molecule has 1 amide bonds. The van der Waals surface area contributed by atoms with Crippen molar-refractivity contribution < 1.29 is 33.3 Å². The minimum atomic E-state index is -1.63. The summed E-state index contributed by atoms with van der Waals surface area (Å²) in [6.45, 7) is 7.29. The van der Waals surface area contributed by atoms with Gasteiger partial charge in [0.25, 0.3) is 0 Å². The molecule has 1 aliphatic heterocycles. The Labute approximate surface area is 171 Å². The number of carbonyl (C=O) groups excluding carboxylic acids is 3. The largest absolute Gasteiger partial charge is 0.464 e. The lowest BCUT2D eigenvalue weighted by molar-refractivity contribution is -0.189. The average Bonchev–Trinajstić information content (AvgIpc) is 2.66. The number of morpholine rings is 1. The Morgan fingerprint density at radius 3 is 2.45 bits per heavy atom. The quantitative estimate of drug-likeness (QED) is 0.529. The van der Waals surface area contributed by atoms with Crippen LogP contribution in [-0.2, 0) is 35.1 Å². The van der Waals surface area contributed by atoms with Gasteiger partial charge in [-0.2, -0.15) is 0 Å². The van der Waals surface area contributed by atoms with Crippen LogP contribution in [0.4, 0.5) is 4.79 Å². The second kappa shape index (κ2) is 9.73. The molecule has 2 rings (SSSR count). The van der Waals surface area contributed by atoms with Crippen molar-refractivity contribution in [2.24, 2.45) is 0 Å². The molecule has 1 fully saturated rings. The minimum Gasteiger partial charge on any atom is -0.464 e. The van der Waals surface area contributed by atoms with E-state index >= 15 is 0 Å². The zero-order valence-corrected chi connectivity index (χ0v) is 17.4. The highest BCUT2D eigenvalue weighted by molar-refractivity contribution is 5.87. The smallest absolute Gasteiger partial charge is 0.410 e. The molecule has 1 saturated heterocycles. The van der Waals surface area contributed by atoms with Crippen LogP contribution in [0.5, 0.6) is 0 Å². The van der Waals surface area contributed by atoms with Crippen LogP contribution >= 0.6 is 0 Å². The number of ether oxygens (including phenoxy) is 4. The number of amides is 1. The molecular weight excluding hydrogens is 378 g/mol. The summed E-state index contributed by atoms with van der Waals surface area (Å²) in [7, 11) is 0. The van der Waals surface area contributed by atoms with Crippen LogP contribution in [0.1, 0.15) is 39.7 Å². The normalized spacial score (nSPS) is 19.4. The first-order chi connectivity index (χ1) is 13.6. The van der Waals surface area contributed by atoms with E-state index in [1.54, 1.807) is 27.7 Å². The van der Waals surface area contributed by atoms with Gasteiger partial charge in [0.05, 0.1) is 26.2 Å². The van der Waals surface area contributed by atoms with Gasteiger partial charge in [0.1, 0.15) is 12.2 Å². The molecule has 160 valence electrons. The third kappa shape index (κ3) is 6.74. The maximum atomic E-state index is 12.6. The van der Waals surface area contributed by atoms with Gasteiger partial charge in [0.15, 0.2) is 5.60 Å². The molecule has 0 aliphatic carbocycles. The number of rotatable bonds is 6. The molecule has 0 radical (unpaired) electrons. The molecule has 29 heavy (non-hydrogen) atoms. The first-order valence-electron chi connectivity index (χ1n) is 9.64. The summed E-state index contributed by atoms with van der Waals surface area (Å²) in [6, 6.07) is 9.20. The highest BCUT2D eigenvalue weighted by atomic mass is 16.6. The van der Waals surface area contributed by atoms with E-state index < -0.39 is 29.2 Å². The Morgan fingerprint density at radius 1 is 1.14 bits per heavy atom. The minimum absolute atomic E-state index is 0.0734. The van der Waals surface area contributed by atoms with Crippen molar-refractivity contribution in [3.05, 3.63) is 35.9 Å². The number of benzene rings is 1. The van der Waals surface area contributed by atoms with Crippen molar-refractivity contribution in [1.29, 1.82) is 0 Å². The number of nitrogens with zero attached hydrogens (tertiary/aromatic N) is 1. The number of hydrogen-bond acceptors (Lipinski definition) is 7. The molecule has 0 aromatic heterocycles. The van der Waals surface area contributed by atoms with Gasteiger partial charge in [-0.1, -0.05) is 30.3 Å². The fourth-order valence-corrected chi connectivity index (χ4v) is 2.85. The Bertz CT molecular complexity index is 713. The fourth-order valence-electron chi connectivity index (χ4n) is 2.85. The standard InChI is InChI=1S/C21H29NO7/c1-5-26-18(24)21(13-17(23)27-14-16-9-7-6-8-10-16)15-22(11-12-28-21)19(25)29-20(2,3)4/h6-10H,5,11-15H2,1-4H3. The van der Waals surface area contributed by atoms with Crippen LogP contribution < -0.4 is 0 Å². The van der Waals surface area contributed by atoms with E-state index in [1.807, 2.05) is 30.3 Å². The van der Waals surface area contributed by atoms with Crippen molar-refractivity contribution in [3.8, 4) is 0 Å². The number of esters is 2. The van der Waals surface area contributed by atoms with Crippen LogP contribution in [0.2, 0.25) is 0 Å². The van der Waals surface area contributed by atoms with Gasteiger partial charge < -0.3 is 23.8 Å². The van der Waals surface area contributed by atoms with E-state index in [0.717, 1.165) is 5.56 Å². The lowest BCUT2D eigenvalue weighted by Gasteiger charge is -2.40.